The SMILES string of the molecule is CN(C)CC(C)(O)CNCCCC1CCCO1. The molecular weight excluding hydrogens is 216 g/mol. The number of rotatable bonds is 8. The van der Waals surface area contributed by atoms with Gasteiger partial charge in [-0.1, -0.05) is 0 Å². The Balaban J connectivity index is 1.99. The van der Waals surface area contributed by atoms with Crippen LogP contribution in [0.2, 0.25) is 0 Å². The second-order valence-corrected chi connectivity index (χ2v) is 5.69. The molecule has 0 saturated carbocycles. The Morgan fingerprint density at radius 3 is 2.82 bits per heavy atom. The van der Waals surface area contributed by atoms with Gasteiger partial charge in [0.25, 0.3) is 0 Å². The standard InChI is InChI=1S/C13H28N2O2/c1-13(16,11-15(2)3)10-14-8-4-6-12-7-5-9-17-12/h12,14,16H,4-11H2,1-3H3. The van der Waals surface area contributed by atoms with E-state index in [4.69, 9.17) is 4.74 Å². The Kier molecular flexibility index (Phi) is 6.41. The van der Waals surface area contributed by atoms with Crippen LogP contribution in [0.5, 0.6) is 0 Å². The van der Waals surface area contributed by atoms with E-state index >= 15 is 0 Å². The van der Waals surface area contributed by atoms with E-state index in [0.29, 0.717) is 19.2 Å². The van der Waals surface area contributed by atoms with Crippen LogP contribution in [0.3, 0.4) is 0 Å². The molecule has 4 heteroatoms. The summed E-state index contributed by atoms with van der Waals surface area (Å²) in [5.41, 5.74) is -0.645. The summed E-state index contributed by atoms with van der Waals surface area (Å²) >= 11 is 0. The minimum atomic E-state index is -0.645. The van der Waals surface area contributed by atoms with Crippen molar-refractivity contribution in [2.24, 2.45) is 0 Å². The fraction of sp³-hybridized carbons (Fsp3) is 1.00. The van der Waals surface area contributed by atoms with Crippen LogP contribution < -0.4 is 5.32 Å². The van der Waals surface area contributed by atoms with Crippen molar-refractivity contribution in [2.45, 2.75) is 44.3 Å². The summed E-state index contributed by atoms with van der Waals surface area (Å²) in [6, 6.07) is 0. The quantitative estimate of drug-likeness (QED) is 0.621. The van der Waals surface area contributed by atoms with Crippen LogP contribution in [-0.2, 0) is 4.74 Å². The smallest absolute Gasteiger partial charge is 0.0869 e. The molecule has 2 N–H and O–H groups in total. The van der Waals surface area contributed by atoms with E-state index in [9.17, 15) is 5.11 Å². The molecule has 0 radical (unpaired) electrons. The van der Waals surface area contributed by atoms with Gasteiger partial charge in [0.15, 0.2) is 0 Å². The summed E-state index contributed by atoms with van der Waals surface area (Å²) in [5, 5.41) is 13.4. The minimum absolute atomic E-state index is 0.485. The largest absolute Gasteiger partial charge is 0.388 e. The van der Waals surface area contributed by atoms with Crippen LogP contribution in [0.15, 0.2) is 0 Å². The van der Waals surface area contributed by atoms with Crippen LogP contribution >= 0.6 is 0 Å². The molecule has 0 spiro atoms. The molecule has 0 aromatic heterocycles. The van der Waals surface area contributed by atoms with Gasteiger partial charge in [0.2, 0.25) is 0 Å². The van der Waals surface area contributed by atoms with Gasteiger partial charge in [-0.2, -0.15) is 0 Å². The van der Waals surface area contributed by atoms with E-state index in [1.165, 1.54) is 12.8 Å². The topological polar surface area (TPSA) is 44.7 Å². The van der Waals surface area contributed by atoms with Crippen LogP contribution in [-0.4, -0.2) is 62.0 Å². The average Bonchev–Trinajstić information content (AvgIpc) is 2.67. The molecule has 2 unspecified atom stereocenters. The molecule has 0 bridgehead atoms. The fourth-order valence-electron chi connectivity index (χ4n) is 2.42. The van der Waals surface area contributed by atoms with Crippen molar-refractivity contribution < 1.29 is 9.84 Å². The van der Waals surface area contributed by atoms with Gasteiger partial charge < -0.3 is 20.1 Å². The van der Waals surface area contributed by atoms with E-state index in [1.807, 2.05) is 25.9 Å². The molecule has 0 aromatic carbocycles. The third-order valence-corrected chi connectivity index (χ3v) is 3.07. The van der Waals surface area contributed by atoms with E-state index in [1.54, 1.807) is 0 Å². The first-order chi connectivity index (χ1) is 7.99. The number of nitrogens with one attached hydrogen (secondary N) is 1. The maximum atomic E-state index is 10.1. The fourth-order valence-corrected chi connectivity index (χ4v) is 2.42. The Morgan fingerprint density at radius 2 is 2.24 bits per heavy atom. The minimum Gasteiger partial charge on any atom is -0.388 e. The van der Waals surface area contributed by atoms with Crippen molar-refractivity contribution in [2.75, 3.05) is 40.3 Å². The predicted molar refractivity (Wildman–Crippen MR) is 70.3 cm³/mol. The normalized spacial score (nSPS) is 24.2. The maximum Gasteiger partial charge on any atom is 0.0869 e. The highest BCUT2D eigenvalue weighted by Crippen LogP contribution is 2.16. The number of ether oxygens (including phenoxy) is 1. The molecule has 1 rings (SSSR count). The monoisotopic (exact) mass is 244 g/mol. The van der Waals surface area contributed by atoms with E-state index < -0.39 is 5.60 Å². The molecule has 1 saturated heterocycles. The highest BCUT2D eigenvalue weighted by Gasteiger charge is 2.20. The van der Waals surface area contributed by atoms with Crippen molar-refractivity contribution in [3.8, 4) is 0 Å². The molecule has 4 nitrogen and oxygen atoms in total. The molecule has 2 atom stereocenters. The highest BCUT2D eigenvalue weighted by molar-refractivity contribution is 4.78. The number of aliphatic hydroxyl groups is 1. The number of hydrogen-bond acceptors (Lipinski definition) is 4. The van der Waals surface area contributed by atoms with E-state index in [-0.39, 0.29) is 0 Å². The predicted octanol–water partition coefficient (Wildman–Crippen LogP) is 0.848. The van der Waals surface area contributed by atoms with Crippen molar-refractivity contribution in [3.63, 3.8) is 0 Å². The Bertz CT molecular complexity index is 202. The van der Waals surface area contributed by atoms with Gasteiger partial charge in [0.05, 0.1) is 11.7 Å². The van der Waals surface area contributed by atoms with Gasteiger partial charge >= 0.3 is 0 Å². The highest BCUT2D eigenvalue weighted by atomic mass is 16.5. The molecule has 1 fully saturated rings. The van der Waals surface area contributed by atoms with Crippen LogP contribution in [0.25, 0.3) is 0 Å². The second kappa shape index (κ2) is 7.31. The van der Waals surface area contributed by atoms with Crippen LogP contribution in [0, 0.1) is 0 Å². The maximum absolute atomic E-state index is 10.1. The Morgan fingerprint density at radius 1 is 1.47 bits per heavy atom. The van der Waals surface area contributed by atoms with Crippen molar-refractivity contribution in [1.29, 1.82) is 0 Å². The zero-order valence-corrected chi connectivity index (χ0v) is 11.5. The zero-order chi connectivity index (χ0) is 12.7. The Labute approximate surface area is 105 Å². The summed E-state index contributed by atoms with van der Waals surface area (Å²) in [6.45, 7) is 5.11. The van der Waals surface area contributed by atoms with Gasteiger partial charge in [-0.3, -0.25) is 0 Å². The average molecular weight is 244 g/mol. The van der Waals surface area contributed by atoms with Gasteiger partial charge in [-0.05, 0) is 53.2 Å². The summed E-state index contributed by atoms with van der Waals surface area (Å²) in [5.74, 6) is 0. The lowest BCUT2D eigenvalue weighted by Crippen LogP contribution is -2.45. The van der Waals surface area contributed by atoms with E-state index in [2.05, 4.69) is 5.32 Å². The Hall–Kier alpha value is -0.160. The third-order valence-electron chi connectivity index (χ3n) is 3.07. The summed E-state index contributed by atoms with van der Waals surface area (Å²) in [4.78, 5) is 2.01. The number of hydrogen-bond donors (Lipinski definition) is 2. The molecule has 0 aromatic rings. The van der Waals surface area contributed by atoms with E-state index in [0.717, 1.165) is 26.0 Å². The molecular formula is C13H28N2O2. The summed E-state index contributed by atoms with van der Waals surface area (Å²) in [6.07, 6.45) is 5.19. The molecule has 102 valence electrons. The van der Waals surface area contributed by atoms with Gasteiger partial charge in [-0.15, -0.1) is 0 Å². The molecule has 0 aliphatic carbocycles. The molecule has 0 amide bonds. The summed E-state index contributed by atoms with van der Waals surface area (Å²) < 4.78 is 5.57. The zero-order valence-electron chi connectivity index (χ0n) is 11.5. The lowest BCUT2D eigenvalue weighted by atomic mass is 10.1. The van der Waals surface area contributed by atoms with Crippen LogP contribution in [0.1, 0.15) is 32.6 Å². The molecule has 17 heavy (non-hydrogen) atoms. The van der Waals surface area contributed by atoms with Crippen molar-refractivity contribution >= 4 is 0 Å². The summed E-state index contributed by atoms with van der Waals surface area (Å²) in [7, 11) is 3.96. The third kappa shape index (κ3) is 6.99. The molecule has 1 aliphatic heterocycles. The van der Waals surface area contributed by atoms with Crippen LogP contribution in [0.4, 0.5) is 0 Å². The van der Waals surface area contributed by atoms with Gasteiger partial charge in [-0.25, -0.2) is 0 Å². The number of likely N-dealkylation sites (N-methyl/N-ethyl adjacent to an activating group) is 1. The van der Waals surface area contributed by atoms with Gasteiger partial charge in [0.1, 0.15) is 0 Å². The van der Waals surface area contributed by atoms with Gasteiger partial charge in [0, 0.05) is 19.7 Å². The first-order valence-electron chi connectivity index (χ1n) is 6.69. The lowest BCUT2D eigenvalue weighted by Gasteiger charge is -2.27. The molecule has 1 aliphatic rings. The lowest BCUT2D eigenvalue weighted by molar-refractivity contribution is 0.0336. The van der Waals surface area contributed by atoms with Crippen molar-refractivity contribution in [1.82, 2.24) is 10.2 Å². The molecule has 1 heterocycles. The second-order valence-electron chi connectivity index (χ2n) is 5.69. The first kappa shape index (κ1) is 14.9. The first-order valence-corrected chi connectivity index (χ1v) is 6.69. The number of nitrogens with zero attached hydrogens (tertiary/aromatic N) is 1. The van der Waals surface area contributed by atoms with Crippen molar-refractivity contribution in [3.05, 3.63) is 0 Å².